The molecule has 146 valence electrons. The lowest BCUT2D eigenvalue weighted by molar-refractivity contribution is 0.167. The Labute approximate surface area is 168 Å². The number of hydrogen-bond acceptors (Lipinski definition) is 3. The number of aliphatic hydroxyl groups is 2. The Kier molecular flexibility index (Phi) is 7.76. The fourth-order valence-corrected chi connectivity index (χ4v) is 8.09. The molecule has 3 aromatic carbocycles. The highest BCUT2D eigenvalue weighted by Gasteiger charge is 2.45. The Balaban J connectivity index is 2.11. The van der Waals surface area contributed by atoms with Crippen molar-refractivity contribution in [3.8, 4) is 0 Å². The zero-order valence-electron chi connectivity index (χ0n) is 16.2. The third-order valence-electron chi connectivity index (χ3n) is 5.17. The minimum atomic E-state index is -1.86. The second kappa shape index (κ2) is 10.5. The van der Waals surface area contributed by atoms with Crippen LogP contribution in [0.3, 0.4) is 0 Å². The molecule has 0 aromatic heterocycles. The van der Waals surface area contributed by atoms with E-state index in [1.807, 2.05) is 0 Å². The van der Waals surface area contributed by atoms with E-state index in [1.165, 1.54) is 15.9 Å². The van der Waals surface area contributed by atoms with Gasteiger partial charge in [-0.1, -0.05) is 54.6 Å². The van der Waals surface area contributed by atoms with Crippen molar-refractivity contribution in [2.75, 3.05) is 39.0 Å². The minimum absolute atomic E-state index is 0.105. The van der Waals surface area contributed by atoms with Gasteiger partial charge in [0.15, 0.2) is 0 Å². The Bertz CT molecular complexity index is 709. The molecule has 0 heterocycles. The summed E-state index contributed by atoms with van der Waals surface area (Å²) in [4.78, 5) is 2.16. The van der Waals surface area contributed by atoms with Crippen LogP contribution in [0, 0.1) is 0 Å². The van der Waals surface area contributed by atoms with Gasteiger partial charge in [-0.15, -0.1) is 0 Å². The number of nitrogens with zero attached hydrogens (tertiary/aromatic N) is 1. The standard InChI is InChI=1S/C24H29NO2P/c26-19-16-25(17-20-27)18-21-28(22-10-4-1-5-11-22,23-12-6-2-7-13-23)24-14-8-3-9-15-24/h1-15,26-27H,16-21H2/q+1. The van der Waals surface area contributed by atoms with E-state index in [0.29, 0.717) is 13.1 Å². The van der Waals surface area contributed by atoms with Crippen molar-refractivity contribution in [1.29, 1.82) is 0 Å². The third kappa shape index (κ3) is 4.68. The summed E-state index contributed by atoms with van der Waals surface area (Å²) in [6.45, 7) is 2.20. The van der Waals surface area contributed by atoms with Gasteiger partial charge in [0.2, 0.25) is 0 Å². The monoisotopic (exact) mass is 394 g/mol. The van der Waals surface area contributed by atoms with E-state index >= 15 is 0 Å². The number of rotatable bonds is 10. The molecular formula is C24H29NO2P+. The first-order valence-electron chi connectivity index (χ1n) is 9.80. The SMILES string of the molecule is OCCN(CCO)CC[P+](c1ccccc1)(c1ccccc1)c1ccccc1. The smallest absolute Gasteiger partial charge is 0.113 e. The van der Waals surface area contributed by atoms with Crippen LogP contribution in [-0.2, 0) is 0 Å². The lowest BCUT2D eigenvalue weighted by Crippen LogP contribution is -2.39. The lowest BCUT2D eigenvalue weighted by Gasteiger charge is -2.30. The molecule has 0 amide bonds. The number of benzene rings is 3. The van der Waals surface area contributed by atoms with Crippen molar-refractivity contribution in [2.45, 2.75) is 0 Å². The highest BCUT2D eigenvalue weighted by molar-refractivity contribution is 7.95. The van der Waals surface area contributed by atoms with Crippen molar-refractivity contribution in [2.24, 2.45) is 0 Å². The normalized spacial score (nSPS) is 11.7. The highest BCUT2D eigenvalue weighted by atomic mass is 31.2. The first-order chi connectivity index (χ1) is 13.8. The summed E-state index contributed by atoms with van der Waals surface area (Å²) < 4.78 is 0. The Morgan fingerprint density at radius 2 is 0.893 bits per heavy atom. The average Bonchev–Trinajstić information content (AvgIpc) is 2.77. The second-order valence-electron chi connectivity index (χ2n) is 6.83. The van der Waals surface area contributed by atoms with E-state index in [0.717, 1.165) is 12.7 Å². The van der Waals surface area contributed by atoms with Gasteiger partial charge in [-0.05, 0) is 36.4 Å². The van der Waals surface area contributed by atoms with Crippen LogP contribution in [0.2, 0.25) is 0 Å². The van der Waals surface area contributed by atoms with Crippen molar-refractivity contribution >= 4 is 23.2 Å². The predicted octanol–water partition coefficient (Wildman–Crippen LogP) is 2.27. The maximum atomic E-state index is 9.43. The highest BCUT2D eigenvalue weighted by Crippen LogP contribution is 2.55. The van der Waals surface area contributed by atoms with Gasteiger partial charge in [-0.3, -0.25) is 4.90 Å². The fraction of sp³-hybridized carbons (Fsp3) is 0.250. The van der Waals surface area contributed by atoms with E-state index in [4.69, 9.17) is 0 Å². The first-order valence-corrected chi connectivity index (χ1v) is 11.8. The number of aliphatic hydroxyl groups excluding tert-OH is 2. The van der Waals surface area contributed by atoms with E-state index < -0.39 is 7.26 Å². The molecule has 0 fully saturated rings. The third-order valence-corrected chi connectivity index (χ3v) is 9.58. The van der Waals surface area contributed by atoms with Crippen LogP contribution in [0.5, 0.6) is 0 Å². The topological polar surface area (TPSA) is 43.7 Å². The van der Waals surface area contributed by atoms with Crippen LogP contribution in [0.4, 0.5) is 0 Å². The summed E-state index contributed by atoms with van der Waals surface area (Å²) in [5.41, 5.74) is 0. The zero-order chi connectivity index (χ0) is 19.7. The molecule has 0 aliphatic heterocycles. The van der Waals surface area contributed by atoms with Crippen LogP contribution < -0.4 is 15.9 Å². The van der Waals surface area contributed by atoms with E-state index in [1.54, 1.807) is 0 Å². The van der Waals surface area contributed by atoms with Gasteiger partial charge in [0, 0.05) is 19.6 Å². The zero-order valence-corrected chi connectivity index (χ0v) is 17.1. The Hall–Kier alpha value is -2.03. The maximum absolute atomic E-state index is 9.43. The summed E-state index contributed by atoms with van der Waals surface area (Å²) >= 11 is 0. The molecule has 0 bridgehead atoms. The lowest BCUT2D eigenvalue weighted by atomic mass is 10.4. The van der Waals surface area contributed by atoms with Gasteiger partial charge in [0.05, 0.1) is 19.4 Å². The molecule has 28 heavy (non-hydrogen) atoms. The molecule has 0 spiro atoms. The van der Waals surface area contributed by atoms with Gasteiger partial charge in [-0.25, -0.2) is 0 Å². The molecule has 0 unspecified atom stereocenters. The largest absolute Gasteiger partial charge is 0.395 e. The van der Waals surface area contributed by atoms with Crippen LogP contribution in [0.25, 0.3) is 0 Å². The predicted molar refractivity (Wildman–Crippen MR) is 121 cm³/mol. The van der Waals surface area contributed by atoms with Crippen LogP contribution in [0.15, 0.2) is 91.0 Å². The summed E-state index contributed by atoms with van der Waals surface area (Å²) in [5.74, 6) is 0. The second-order valence-corrected chi connectivity index (χ2v) is 10.4. The fourth-order valence-electron chi connectivity index (χ4n) is 3.79. The molecule has 0 atom stereocenters. The molecule has 2 N–H and O–H groups in total. The van der Waals surface area contributed by atoms with Gasteiger partial charge < -0.3 is 10.2 Å². The van der Waals surface area contributed by atoms with E-state index in [9.17, 15) is 10.2 Å². The Morgan fingerprint density at radius 3 is 1.21 bits per heavy atom. The first kappa shape index (κ1) is 20.7. The van der Waals surface area contributed by atoms with Gasteiger partial charge in [0.1, 0.15) is 23.2 Å². The van der Waals surface area contributed by atoms with Gasteiger partial charge in [-0.2, -0.15) is 0 Å². The molecule has 0 saturated carbocycles. The summed E-state index contributed by atoms with van der Waals surface area (Å²) in [6, 6.07) is 32.4. The van der Waals surface area contributed by atoms with Crippen LogP contribution in [-0.4, -0.2) is 54.1 Å². The molecule has 0 aliphatic rings. The molecular weight excluding hydrogens is 365 g/mol. The minimum Gasteiger partial charge on any atom is -0.395 e. The van der Waals surface area contributed by atoms with Crippen LogP contribution >= 0.6 is 7.26 Å². The molecule has 0 saturated heterocycles. The molecule has 0 aliphatic carbocycles. The maximum Gasteiger partial charge on any atom is 0.113 e. The van der Waals surface area contributed by atoms with Crippen molar-refractivity contribution < 1.29 is 10.2 Å². The van der Waals surface area contributed by atoms with E-state index in [2.05, 4.69) is 95.9 Å². The Morgan fingerprint density at radius 1 is 0.536 bits per heavy atom. The van der Waals surface area contributed by atoms with Gasteiger partial charge in [0.25, 0.3) is 0 Å². The van der Waals surface area contributed by atoms with Crippen molar-refractivity contribution in [3.05, 3.63) is 91.0 Å². The quantitative estimate of drug-likeness (QED) is 0.519. The number of hydrogen-bond donors (Lipinski definition) is 2. The summed E-state index contributed by atoms with van der Waals surface area (Å²) in [5, 5.41) is 22.9. The summed E-state index contributed by atoms with van der Waals surface area (Å²) in [7, 11) is -1.86. The average molecular weight is 394 g/mol. The van der Waals surface area contributed by atoms with Crippen molar-refractivity contribution in [3.63, 3.8) is 0 Å². The molecule has 3 rings (SSSR count). The summed E-state index contributed by atoms with van der Waals surface area (Å²) in [6.07, 6.45) is 0.963. The van der Waals surface area contributed by atoms with Crippen molar-refractivity contribution in [1.82, 2.24) is 4.90 Å². The molecule has 4 heteroatoms. The molecule has 0 radical (unpaired) electrons. The molecule has 3 nitrogen and oxygen atoms in total. The van der Waals surface area contributed by atoms with E-state index in [-0.39, 0.29) is 13.2 Å². The van der Waals surface area contributed by atoms with Crippen LogP contribution in [0.1, 0.15) is 0 Å². The van der Waals surface area contributed by atoms with Gasteiger partial charge >= 0.3 is 0 Å². The molecule has 3 aromatic rings.